The van der Waals surface area contributed by atoms with Crippen molar-refractivity contribution < 1.29 is 9.53 Å². The highest BCUT2D eigenvalue weighted by atomic mass is 16.5. The summed E-state index contributed by atoms with van der Waals surface area (Å²) in [6.07, 6.45) is 0. The van der Waals surface area contributed by atoms with Crippen LogP contribution in [0.4, 0.5) is 0 Å². The summed E-state index contributed by atoms with van der Waals surface area (Å²) in [6.45, 7) is 9.61. The minimum absolute atomic E-state index is 0.120. The molecule has 0 atom stereocenters. The van der Waals surface area contributed by atoms with Crippen LogP contribution >= 0.6 is 0 Å². The number of hydrogen-bond acceptors (Lipinski definition) is 4. The molecule has 4 heteroatoms. The molecule has 0 aliphatic carbocycles. The number of rotatable bonds is 1. The fraction of sp³-hybridized carbons (Fsp3) is 0.300. The number of esters is 1. The van der Waals surface area contributed by atoms with Crippen LogP contribution in [0.3, 0.4) is 0 Å². The van der Waals surface area contributed by atoms with E-state index in [2.05, 4.69) is 27.9 Å². The Morgan fingerprint density at radius 2 is 1.71 bits per heavy atom. The van der Waals surface area contributed by atoms with Crippen molar-refractivity contribution >= 4 is 5.97 Å². The number of hydrogen-bond donors (Lipinski definition) is 0. The summed E-state index contributed by atoms with van der Waals surface area (Å²) in [5.41, 5.74) is 1.53. The van der Waals surface area contributed by atoms with Gasteiger partial charge in [0.25, 0.3) is 0 Å². The molecule has 4 nitrogen and oxygen atoms in total. The van der Waals surface area contributed by atoms with Crippen molar-refractivity contribution in [1.29, 1.82) is 0 Å². The molecular weight excluding hydrogens is 180 g/mol. The third-order valence-corrected chi connectivity index (χ3v) is 1.35. The van der Waals surface area contributed by atoms with Gasteiger partial charge in [-0.15, -0.1) is 13.2 Å². The standard InChI is InChI=1S/C8H10N2O2.C2H4/c1-5-4-6(2)10-7(9-5)8(11)12-3;1-2/h4H,1-3H3;1-2H2. The first-order chi connectivity index (χ1) is 6.63. The molecular formula is C10H14N2O2. The van der Waals surface area contributed by atoms with E-state index in [1.165, 1.54) is 7.11 Å². The zero-order chi connectivity index (χ0) is 11.1. The van der Waals surface area contributed by atoms with Crippen molar-refractivity contribution in [2.24, 2.45) is 0 Å². The molecule has 76 valence electrons. The summed E-state index contributed by atoms with van der Waals surface area (Å²) >= 11 is 0. The van der Waals surface area contributed by atoms with E-state index in [-0.39, 0.29) is 5.82 Å². The Labute approximate surface area is 83.7 Å². The van der Waals surface area contributed by atoms with Crippen LogP contribution in [-0.4, -0.2) is 23.0 Å². The van der Waals surface area contributed by atoms with Crippen LogP contribution in [0.2, 0.25) is 0 Å². The summed E-state index contributed by atoms with van der Waals surface area (Å²) in [6, 6.07) is 1.80. The van der Waals surface area contributed by atoms with Crippen molar-refractivity contribution in [1.82, 2.24) is 9.97 Å². The Morgan fingerprint density at radius 3 is 2.07 bits per heavy atom. The molecule has 0 aromatic carbocycles. The summed E-state index contributed by atoms with van der Waals surface area (Å²) < 4.78 is 4.48. The van der Waals surface area contributed by atoms with Crippen LogP contribution in [0.15, 0.2) is 19.2 Å². The minimum atomic E-state index is -0.498. The number of nitrogens with zero attached hydrogens (tertiary/aromatic N) is 2. The third kappa shape index (κ3) is 3.35. The fourth-order valence-corrected chi connectivity index (χ4v) is 0.909. The van der Waals surface area contributed by atoms with Gasteiger partial charge < -0.3 is 4.74 Å². The quantitative estimate of drug-likeness (QED) is 0.504. The van der Waals surface area contributed by atoms with Gasteiger partial charge in [0.1, 0.15) is 0 Å². The number of carbonyl (C=O) groups excluding carboxylic acids is 1. The molecule has 1 rings (SSSR count). The molecule has 1 aromatic rings. The number of aryl methyl sites for hydroxylation is 2. The normalized spacial score (nSPS) is 8.50. The van der Waals surface area contributed by atoms with Crippen molar-refractivity contribution in [3.8, 4) is 0 Å². The number of aromatic nitrogens is 2. The molecule has 0 amide bonds. The van der Waals surface area contributed by atoms with E-state index in [1.807, 2.05) is 0 Å². The molecule has 0 aliphatic rings. The lowest BCUT2D eigenvalue weighted by molar-refractivity contribution is 0.0586. The summed E-state index contributed by atoms with van der Waals surface area (Å²) in [7, 11) is 1.31. The Balaban J connectivity index is 0.000000791. The van der Waals surface area contributed by atoms with Crippen molar-refractivity contribution in [2.45, 2.75) is 13.8 Å². The Hall–Kier alpha value is -1.71. The van der Waals surface area contributed by atoms with E-state index in [4.69, 9.17) is 0 Å². The number of ether oxygens (including phenoxy) is 1. The molecule has 0 fully saturated rings. The molecule has 0 saturated heterocycles. The maximum atomic E-state index is 11.0. The van der Waals surface area contributed by atoms with Crippen LogP contribution in [0.25, 0.3) is 0 Å². The van der Waals surface area contributed by atoms with E-state index in [0.717, 1.165) is 11.4 Å². The molecule has 0 bridgehead atoms. The fourth-order valence-electron chi connectivity index (χ4n) is 0.909. The van der Waals surface area contributed by atoms with Gasteiger partial charge in [-0.2, -0.15) is 0 Å². The molecule has 0 N–H and O–H groups in total. The average molecular weight is 194 g/mol. The van der Waals surface area contributed by atoms with Gasteiger partial charge >= 0.3 is 5.97 Å². The first-order valence-corrected chi connectivity index (χ1v) is 4.04. The summed E-state index contributed by atoms with van der Waals surface area (Å²) in [5, 5.41) is 0. The predicted octanol–water partition coefficient (Wildman–Crippen LogP) is 1.68. The molecule has 14 heavy (non-hydrogen) atoms. The first-order valence-electron chi connectivity index (χ1n) is 4.04. The SMILES string of the molecule is C=C.COC(=O)c1nc(C)cc(C)n1. The summed E-state index contributed by atoms with van der Waals surface area (Å²) in [5.74, 6) is -0.378. The Kier molecular flexibility index (Phi) is 5.14. The lowest BCUT2D eigenvalue weighted by atomic mass is 10.3. The Morgan fingerprint density at radius 1 is 1.29 bits per heavy atom. The summed E-state index contributed by atoms with van der Waals surface area (Å²) in [4.78, 5) is 18.8. The van der Waals surface area contributed by atoms with Crippen molar-refractivity contribution in [2.75, 3.05) is 7.11 Å². The van der Waals surface area contributed by atoms with E-state index >= 15 is 0 Å². The van der Waals surface area contributed by atoms with Crippen LogP contribution in [0.1, 0.15) is 22.0 Å². The average Bonchev–Trinajstić information content (AvgIpc) is 2.18. The van der Waals surface area contributed by atoms with Crippen LogP contribution in [0.5, 0.6) is 0 Å². The second kappa shape index (κ2) is 5.85. The van der Waals surface area contributed by atoms with Crippen LogP contribution in [-0.2, 0) is 4.74 Å². The monoisotopic (exact) mass is 194 g/mol. The van der Waals surface area contributed by atoms with E-state index in [9.17, 15) is 4.79 Å². The van der Waals surface area contributed by atoms with Crippen LogP contribution in [0, 0.1) is 13.8 Å². The largest absolute Gasteiger partial charge is 0.463 e. The molecule has 1 heterocycles. The van der Waals surface area contributed by atoms with Gasteiger partial charge in [0.05, 0.1) is 7.11 Å². The minimum Gasteiger partial charge on any atom is -0.463 e. The highest BCUT2D eigenvalue weighted by Gasteiger charge is 2.09. The topological polar surface area (TPSA) is 52.1 Å². The second-order valence-corrected chi connectivity index (χ2v) is 2.47. The highest BCUT2D eigenvalue weighted by molar-refractivity contribution is 5.84. The lowest BCUT2D eigenvalue weighted by Crippen LogP contribution is -2.08. The molecule has 0 aliphatic heterocycles. The van der Waals surface area contributed by atoms with E-state index < -0.39 is 5.97 Å². The molecule has 0 spiro atoms. The first kappa shape index (κ1) is 12.3. The molecule has 0 saturated carbocycles. The molecule has 0 unspecified atom stereocenters. The van der Waals surface area contributed by atoms with Gasteiger partial charge in [-0.1, -0.05) is 0 Å². The maximum Gasteiger partial charge on any atom is 0.376 e. The van der Waals surface area contributed by atoms with E-state index in [0.29, 0.717) is 0 Å². The smallest absolute Gasteiger partial charge is 0.376 e. The van der Waals surface area contributed by atoms with Gasteiger partial charge in [-0.3, -0.25) is 0 Å². The van der Waals surface area contributed by atoms with Gasteiger partial charge in [0.15, 0.2) is 0 Å². The van der Waals surface area contributed by atoms with Gasteiger partial charge in [0.2, 0.25) is 5.82 Å². The van der Waals surface area contributed by atoms with Gasteiger partial charge in [-0.05, 0) is 19.9 Å². The highest BCUT2D eigenvalue weighted by Crippen LogP contribution is 1.99. The third-order valence-electron chi connectivity index (χ3n) is 1.35. The molecule has 0 radical (unpaired) electrons. The van der Waals surface area contributed by atoms with Crippen molar-refractivity contribution in [3.05, 3.63) is 36.4 Å². The predicted molar refractivity (Wildman–Crippen MR) is 54.1 cm³/mol. The lowest BCUT2D eigenvalue weighted by Gasteiger charge is -1.99. The van der Waals surface area contributed by atoms with Crippen molar-refractivity contribution in [3.63, 3.8) is 0 Å². The number of methoxy groups -OCH3 is 1. The van der Waals surface area contributed by atoms with E-state index in [1.54, 1.807) is 19.9 Å². The van der Waals surface area contributed by atoms with Gasteiger partial charge in [0, 0.05) is 11.4 Å². The number of carbonyl (C=O) groups is 1. The zero-order valence-electron chi connectivity index (χ0n) is 8.70. The second-order valence-electron chi connectivity index (χ2n) is 2.47. The Bertz CT molecular complexity index is 304. The van der Waals surface area contributed by atoms with Crippen LogP contribution < -0.4 is 0 Å². The maximum absolute atomic E-state index is 11.0. The van der Waals surface area contributed by atoms with Gasteiger partial charge in [-0.25, -0.2) is 14.8 Å². The zero-order valence-corrected chi connectivity index (χ0v) is 8.70. The molecule has 1 aromatic heterocycles.